The summed E-state index contributed by atoms with van der Waals surface area (Å²) in [6.45, 7) is 8.43. The molecule has 0 spiro atoms. The lowest BCUT2D eigenvalue weighted by molar-refractivity contribution is 0.101. The van der Waals surface area contributed by atoms with Crippen molar-refractivity contribution >= 4 is 40.4 Å². The molecule has 1 aromatic carbocycles. The molecule has 0 bridgehead atoms. The SMILES string of the molecule is CC(=O)c1ccc(Nc2cc3c(s2)C(C)(C)CCC3(C)S)cc1. The number of carbonyl (C=O) groups is 1. The molecule has 3 rings (SSSR count). The number of Topliss-reactive ketones (excluding diaryl/α,β-unsaturated/α-hetero) is 1. The third-order valence-corrected chi connectivity index (χ3v) is 6.60. The van der Waals surface area contributed by atoms with Gasteiger partial charge in [0.2, 0.25) is 0 Å². The number of ketones is 1. The van der Waals surface area contributed by atoms with Gasteiger partial charge in [-0.2, -0.15) is 12.6 Å². The van der Waals surface area contributed by atoms with Gasteiger partial charge in [-0.3, -0.25) is 4.79 Å². The number of thiol groups is 1. The number of anilines is 2. The molecular weight excluding hydrogens is 322 g/mol. The van der Waals surface area contributed by atoms with E-state index in [0.717, 1.165) is 29.1 Å². The van der Waals surface area contributed by atoms with Crippen LogP contribution >= 0.6 is 24.0 Å². The van der Waals surface area contributed by atoms with Gasteiger partial charge in [0.15, 0.2) is 5.78 Å². The Labute approximate surface area is 147 Å². The summed E-state index contributed by atoms with van der Waals surface area (Å²) in [6.07, 6.45) is 2.26. The molecule has 0 amide bonds. The Morgan fingerprint density at radius 2 is 1.83 bits per heavy atom. The molecule has 1 aromatic heterocycles. The van der Waals surface area contributed by atoms with Crippen LogP contribution in [-0.2, 0) is 10.2 Å². The Kier molecular flexibility index (Phi) is 4.09. The first-order valence-electron chi connectivity index (χ1n) is 7.94. The zero-order chi connectivity index (χ0) is 16.8. The average Bonchev–Trinajstić information content (AvgIpc) is 2.91. The maximum atomic E-state index is 11.4. The Morgan fingerprint density at radius 1 is 1.17 bits per heavy atom. The summed E-state index contributed by atoms with van der Waals surface area (Å²) in [4.78, 5) is 12.8. The number of hydrogen-bond acceptors (Lipinski definition) is 4. The van der Waals surface area contributed by atoms with Crippen LogP contribution in [0, 0.1) is 0 Å². The number of benzene rings is 1. The maximum absolute atomic E-state index is 11.4. The first-order chi connectivity index (χ1) is 10.7. The fourth-order valence-electron chi connectivity index (χ4n) is 3.09. The maximum Gasteiger partial charge on any atom is 0.159 e. The van der Waals surface area contributed by atoms with Crippen LogP contribution in [0.15, 0.2) is 30.3 Å². The monoisotopic (exact) mass is 345 g/mol. The molecule has 1 heterocycles. The van der Waals surface area contributed by atoms with Gasteiger partial charge in [-0.1, -0.05) is 13.8 Å². The van der Waals surface area contributed by atoms with Crippen molar-refractivity contribution in [1.82, 2.24) is 0 Å². The minimum Gasteiger partial charge on any atom is -0.347 e. The molecule has 0 saturated heterocycles. The summed E-state index contributed by atoms with van der Waals surface area (Å²) >= 11 is 6.71. The topological polar surface area (TPSA) is 29.1 Å². The van der Waals surface area contributed by atoms with Crippen molar-refractivity contribution in [2.24, 2.45) is 0 Å². The highest BCUT2D eigenvalue weighted by molar-refractivity contribution is 7.81. The molecule has 1 aliphatic rings. The predicted molar refractivity (Wildman–Crippen MR) is 103 cm³/mol. The van der Waals surface area contributed by atoms with Crippen LogP contribution in [0.3, 0.4) is 0 Å². The van der Waals surface area contributed by atoms with Crippen molar-refractivity contribution in [3.8, 4) is 0 Å². The molecule has 0 radical (unpaired) electrons. The van der Waals surface area contributed by atoms with E-state index in [1.807, 2.05) is 35.6 Å². The molecule has 4 heteroatoms. The summed E-state index contributed by atoms with van der Waals surface area (Å²) in [7, 11) is 0. The molecule has 0 aliphatic heterocycles. The molecule has 2 nitrogen and oxygen atoms in total. The Hall–Kier alpha value is -1.26. The van der Waals surface area contributed by atoms with Gasteiger partial charge in [-0.25, -0.2) is 0 Å². The van der Waals surface area contributed by atoms with Crippen LogP contribution in [0.2, 0.25) is 0 Å². The van der Waals surface area contributed by atoms with Crippen molar-refractivity contribution < 1.29 is 4.79 Å². The van der Waals surface area contributed by atoms with E-state index in [0.29, 0.717) is 0 Å². The number of rotatable bonds is 3. The second-order valence-corrected chi connectivity index (χ2v) is 9.31. The van der Waals surface area contributed by atoms with Gasteiger partial charge >= 0.3 is 0 Å². The minimum absolute atomic E-state index is 0.0558. The number of carbonyl (C=O) groups excluding carboxylic acids is 1. The number of hydrogen-bond donors (Lipinski definition) is 2. The van der Waals surface area contributed by atoms with Crippen molar-refractivity contribution in [1.29, 1.82) is 0 Å². The molecule has 0 fully saturated rings. The van der Waals surface area contributed by atoms with Crippen molar-refractivity contribution in [3.63, 3.8) is 0 Å². The van der Waals surface area contributed by atoms with Crippen LogP contribution in [0.25, 0.3) is 0 Å². The summed E-state index contributed by atoms with van der Waals surface area (Å²) in [5, 5.41) is 4.62. The third-order valence-electron chi connectivity index (χ3n) is 4.72. The second kappa shape index (κ2) is 5.67. The average molecular weight is 346 g/mol. The normalized spacial score (nSPS) is 22.5. The quantitative estimate of drug-likeness (QED) is 0.535. The highest BCUT2D eigenvalue weighted by Gasteiger charge is 2.39. The minimum atomic E-state index is -0.0558. The zero-order valence-electron chi connectivity index (χ0n) is 14.1. The molecule has 0 saturated carbocycles. The van der Waals surface area contributed by atoms with E-state index in [1.165, 1.54) is 10.4 Å². The van der Waals surface area contributed by atoms with Gasteiger partial charge in [-0.15, -0.1) is 11.3 Å². The highest BCUT2D eigenvalue weighted by atomic mass is 32.1. The predicted octanol–water partition coefficient (Wildman–Crippen LogP) is 5.91. The summed E-state index contributed by atoms with van der Waals surface area (Å²) < 4.78 is -0.0558. The van der Waals surface area contributed by atoms with Gasteiger partial charge in [0.1, 0.15) is 0 Å². The lowest BCUT2D eigenvalue weighted by Crippen LogP contribution is -2.30. The molecule has 1 atom stereocenters. The van der Waals surface area contributed by atoms with Crippen LogP contribution in [0.5, 0.6) is 0 Å². The summed E-state index contributed by atoms with van der Waals surface area (Å²) in [6, 6.07) is 9.89. The van der Waals surface area contributed by atoms with Crippen LogP contribution in [0.4, 0.5) is 10.7 Å². The lowest BCUT2D eigenvalue weighted by atomic mass is 9.74. The molecule has 1 N–H and O–H groups in total. The van der Waals surface area contributed by atoms with Crippen LogP contribution < -0.4 is 5.32 Å². The van der Waals surface area contributed by atoms with Crippen molar-refractivity contribution in [2.45, 2.75) is 50.7 Å². The van der Waals surface area contributed by atoms with E-state index in [4.69, 9.17) is 12.6 Å². The number of fused-ring (bicyclic) bond motifs is 1. The summed E-state index contributed by atoms with van der Waals surface area (Å²) in [5.74, 6) is 0.0933. The smallest absolute Gasteiger partial charge is 0.159 e. The fourth-order valence-corrected chi connectivity index (χ4v) is 4.79. The first-order valence-corrected chi connectivity index (χ1v) is 9.21. The van der Waals surface area contributed by atoms with Gasteiger partial charge < -0.3 is 5.32 Å². The van der Waals surface area contributed by atoms with E-state index in [2.05, 4.69) is 32.2 Å². The van der Waals surface area contributed by atoms with Gasteiger partial charge in [0.05, 0.1) is 5.00 Å². The van der Waals surface area contributed by atoms with E-state index in [1.54, 1.807) is 6.92 Å². The van der Waals surface area contributed by atoms with Crippen molar-refractivity contribution in [3.05, 3.63) is 46.3 Å². The van der Waals surface area contributed by atoms with E-state index < -0.39 is 0 Å². The lowest BCUT2D eigenvalue weighted by Gasteiger charge is -2.38. The van der Waals surface area contributed by atoms with Crippen LogP contribution in [-0.4, -0.2) is 5.78 Å². The molecule has 1 unspecified atom stereocenters. The molecular formula is C19H23NOS2. The van der Waals surface area contributed by atoms with E-state index >= 15 is 0 Å². The fraction of sp³-hybridized carbons (Fsp3) is 0.421. The van der Waals surface area contributed by atoms with Gasteiger partial charge in [0, 0.05) is 20.9 Å². The number of nitrogens with one attached hydrogen (secondary N) is 1. The zero-order valence-corrected chi connectivity index (χ0v) is 15.8. The van der Waals surface area contributed by atoms with E-state index in [-0.39, 0.29) is 15.9 Å². The third kappa shape index (κ3) is 3.20. The van der Waals surface area contributed by atoms with Gasteiger partial charge in [-0.05, 0) is 68.0 Å². The number of thiophene rings is 1. The Morgan fingerprint density at radius 3 is 2.39 bits per heavy atom. The van der Waals surface area contributed by atoms with Crippen molar-refractivity contribution in [2.75, 3.05) is 5.32 Å². The standard InChI is InChI=1S/C19H23NOS2/c1-12(21)13-5-7-14(8-6-13)20-16-11-15-17(23-16)18(2,3)9-10-19(15,4)22/h5-8,11,20,22H,9-10H2,1-4H3. The summed E-state index contributed by atoms with van der Waals surface area (Å²) in [5.41, 5.74) is 3.31. The molecule has 23 heavy (non-hydrogen) atoms. The van der Waals surface area contributed by atoms with E-state index in [9.17, 15) is 4.79 Å². The van der Waals surface area contributed by atoms with Crippen LogP contribution in [0.1, 0.15) is 61.3 Å². The van der Waals surface area contributed by atoms with Gasteiger partial charge in [0.25, 0.3) is 0 Å². The largest absolute Gasteiger partial charge is 0.347 e. The highest BCUT2D eigenvalue weighted by Crippen LogP contribution is 2.52. The Balaban J connectivity index is 1.90. The molecule has 122 valence electrons. The first kappa shape index (κ1) is 16.6. The molecule has 1 aliphatic carbocycles. The second-order valence-electron chi connectivity index (χ2n) is 7.27. The molecule has 2 aromatic rings. The Bertz CT molecular complexity index is 708.